The van der Waals surface area contributed by atoms with E-state index in [9.17, 15) is 18.0 Å². The topological polar surface area (TPSA) is 66.2 Å². The van der Waals surface area contributed by atoms with Crippen LogP contribution in [-0.4, -0.2) is 23.8 Å². The van der Waals surface area contributed by atoms with Gasteiger partial charge in [0.2, 0.25) is 5.91 Å². The Bertz CT molecular complexity index is 968. The monoisotopic (exact) mass is 387 g/mol. The van der Waals surface area contributed by atoms with Crippen molar-refractivity contribution in [1.82, 2.24) is 4.98 Å². The highest BCUT2D eigenvalue weighted by molar-refractivity contribution is 5.98. The van der Waals surface area contributed by atoms with Crippen molar-refractivity contribution in [3.8, 4) is 11.8 Å². The molecule has 1 aromatic carbocycles. The number of pyridine rings is 1. The van der Waals surface area contributed by atoms with Gasteiger partial charge in [-0.15, -0.1) is 13.2 Å². The largest absolute Gasteiger partial charge is 0.573 e. The predicted octanol–water partition coefficient (Wildman–Crippen LogP) is 3.93. The van der Waals surface area contributed by atoms with Gasteiger partial charge in [-0.25, -0.2) is 4.98 Å². The van der Waals surface area contributed by atoms with Crippen LogP contribution in [0.5, 0.6) is 5.75 Å². The van der Waals surface area contributed by atoms with Crippen LogP contribution >= 0.6 is 0 Å². The third-order valence-electron chi connectivity index (χ3n) is 5.07. The van der Waals surface area contributed by atoms with Gasteiger partial charge in [-0.1, -0.05) is 18.2 Å². The minimum atomic E-state index is -4.78. The zero-order valence-corrected chi connectivity index (χ0v) is 14.7. The Morgan fingerprint density at radius 1 is 1.25 bits per heavy atom. The molecule has 1 amide bonds. The minimum absolute atomic E-state index is 0.126. The Hall–Kier alpha value is -3.08. The number of aryl methyl sites for hydroxylation is 1. The number of amides is 1. The number of aromatic nitrogens is 1. The van der Waals surface area contributed by atoms with E-state index in [2.05, 4.69) is 9.72 Å². The summed E-state index contributed by atoms with van der Waals surface area (Å²) >= 11 is 0. The van der Waals surface area contributed by atoms with Crippen LogP contribution in [0.1, 0.15) is 35.7 Å². The summed E-state index contributed by atoms with van der Waals surface area (Å²) in [5, 5.41) is 8.99. The minimum Gasteiger partial charge on any atom is -0.405 e. The lowest BCUT2D eigenvalue weighted by molar-refractivity contribution is -0.274. The van der Waals surface area contributed by atoms with Gasteiger partial charge in [0.05, 0.1) is 11.4 Å². The van der Waals surface area contributed by atoms with Crippen LogP contribution in [-0.2, 0) is 11.2 Å². The van der Waals surface area contributed by atoms with Crippen molar-refractivity contribution in [3.05, 3.63) is 53.3 Å². The number of nitrogens with zero attached hydrogens (tertiary/aromatic N) is 3. The van der Waals surface area contributed by atoms with Crippen molar-refractivity contribution < 1.29 is 22.7 Å². The van der Waals surface area contributed by atoms with E-state index in [1.54, 1.807) is 29.2 Å². The molecule has 1 aliphatic heterocycles. The van der Waals surface area contributed by atoms with Gasteiger partial charge in [-0.2, -0.15) is 5.26 Å². The van der Waals surface area contributed by atoms with Crippen molar-refractivity contribution in [2.24, 2.45) is 5.92 Å². The average molecular weight is 387 g/mol. The molecule has 8 heteroatoms. The fourth-order valence-corrected chi connectivity index (χ4v) is 3.76. The molecular weight excluding hydrogens is 371 g/mol. The molecule has 2 unspecified atom stereocenters. The van der Waals surface area contributed by atoms with Crippen molar-refractivity contribution in [1.29, 1.82) is 5.26 Å². The van der Waals surface area contributed by atoms with E-state index in [4.69, 9.17) is 5.26 Å². The molecule has 1 fully saturated rings. The van der Waals surface area contributed by atoms with Crippen LogP contribution in [0.4, 0.5) is 18.9 Å². The van der Waals surface area contributed by atoms with Crippen LogP contribution in [0, 0.1) is 17.2 Å². The highest BCUT2D eigenvalue weighted by Gasteiger charge is 2.48. The Morgan fingerprint density at radius 3 is 2.79 bits per heavy atom. The van der Waals surface area contributed by atoms with Crippen LogP contribution in [0.15, 0.2) is 36.4 Å². The fraction of sp³-hybridized carbons (Fsp3) is 0.350. The standard InChI is InChI=1S/C20H16F3N3O2/c21-20(22,23)28-18-6-2-1-4-13(18)14-10-15(14)19(27)26-9-3-5-16-17(26)8-7-12(11-24)25-16/h1-2,4,6-8,14-15H,3,5,9-10H2. The third-order valence-corrected chi connectivity index (χ3v) is 5.07. The Labute approximate surface area is 159 Å². The lowest BCUT2D eigenvalue weighted by Gasteiger charge is -2.29. The first-order chi connectivity index (χ1) is 13.4. The number of alkyl halides is 3. The van der Waals surface area contributed by atoms with Gasteiger partial charge >= 0.3 is 6.36 Å². The Balaban J connectivity index is 1.55. The number of nitriles is 1. The maximum atomic E-state index is 13.0. The number of carbonyl (C=O) groups is 1. The van der Waals surface area contributed by atoms with Crippen LogP contribution in [0.25, 0.3) is 0 Å². The number of ether oxygens (including phenoxy) is 1. The summed E-state index contributed by atoms with van der Waals surface area (Å²) in [6, 6.07) is 11.2. The van der Waals surface area contributed by atoms with Gasteiger partial charge in [0.1, 0.15) is 17.5 Å². The summed E-state index contributed by atoms with van der Waals surface area (Å²) in [4.78, 5) is 18.9. The lowest BCUT2D eigenvalue weighted by Crippen LogP contribution is -2.37. The molecule has 28 heavy (non-hydrogen) atoms. The molecule has 2 aromatic rings. The summed E-state index contributed by atoms with van der Waals surface area (Å²) in [5.41, 5.74) is 2.08. The molecular formula is C20H16F3N3O2. The van der Waals surface area contributed by atoms with Crippen molar-refractivity contribution in [3.63, 3.8) is 0 Å². The highest BCUT2D eigenvalue weighted by Crippen LogP contribution is 2.52. The van der Waals surface area contributed by atoms with Crippen LogP contribution < -0.4 is 9.64 Å². The highest BCUT2D eigenvalue weighted by atomic mass is 19.4. The van der Waals surface area contributed by atoms with E-state index in [1.165, 1.54) is 12.1 Å². The second-order valence-electron chi connectivity index (χ2n) is 6.90. The number of para-hydroxylation sites is 1. The summed E-state index contributed by atoms with van der Waals surface area (Å²) in [6.45, 7) is 0.531. The second kappa shape index (κ2) is 6.82. The molecule has 2 heterocycles. The van der Waals surface area contributed by atoms with Gasteiger partial charge in [0, 0.05) is 12.5 Å². The maximum Gasteiger partial charge on any atom is 0.573 e. The van der Waals surface area contributed by atoms with Gasteiger partial charge in [-0.3, -0.25) is 4.79 Å². The molecule has 1 aliphatic carbocycles. The maximum absolute atomic E-state index is 13.0. The van der Waals surface area contributed by atoms with Gasteiger partial charge in [0.15, 0.2) is 0 Å². The Morgan fingerprint density at radius 2 is 2.04 bits per heavy atom. The summed E-state index contributed by atoms with van der Waals surface area (Å²) in [6.07, 6.45) is -2.89. The van der Waals surface area contributed by atoms with E-state index in [-0.39, 0.29) is 23.5 Å². The van der Waals surface area contributed by atoms with Crippen LogP contribution in [0.3, 0.4) is 0 Å². The summed E-state index contributed by atoms with van der Waals surface area (Å²) in [7, 11) is 0. The first-order valence-electron chi connectivity index (χ1n) is 8.93. The number of carbonyl (C=O) groups excluding carboxylic acids is 1. The zero-order valence-electron chi connectivity index (χ0n) is 14.7. The molecule has 5 nitrogen and oxygen atoms in total. The van der Waals surface area contributed by atoms with E-state index in [0.29, 0.717) is 42.0 Å². The summed E-state index contributed by atoms with van der Waals surface area (Å²) in [5.74, 6) is -1.07. The fourth-order valence-electron chi connectivity index (χ4n) is 3.76. The van der Waals surface area contributed by atoms with E-state index in [1.807, 2.05) is 6.07 Å². The number of halogens is 3. The third kappa shape index (κ3) is 3.52. The molecule has 0 N–H and O–H groups in total. The molecule has 0 bridgehead atoms. The molecule has 4 rings (SSSR count). The zero-order chi connectivity index (χ0) is 19.9. The number of benzene rings is 1. The number of hydrogen-bond donors (Lipinski definition) is 0. The smallest absolute Gasteiger partial charge is 0.405 e. The molecule has 2 aliphatic rings. The SMILES string of the molecule is N#Cc1ccc2c(n1)CCCN2C(=O)C1CC1c1ccccc1OC(F)(F)F. The van der Waals surface area contributed by atoms with E-state index in [0.717, 1.165) is 6.42 Å². The number of rotatable bonds is 3. The van der Waals surface area contributed by atoms with Crippen molar-refractivity contribution in [2.45, 2.75) is 31.5 Å². The molecule has 1 saturated carbocycles. The van der Waals surface area contributed by atoms with Gasteiger partial charge in [-0.05, 0) is 48.9 Å². The van der Waals surface area contributed by atoms with Crippen molar-refractivity contribution >= 4 is 11.6 Å². The second-order valence-corrected chi connectivity index (χ2v) is 6.90. The number of hydrogen-bond acceptors (Lipinski definition) is 4. The quantitative estimate of drug-likeness (QED) is 0.800. The molecule has 2 atom stereocenters. The van der Waals surface area contributed by atoms with E-state index >= 15 is 0 Å². The van der Waals surface area contributed by atoms with Gasteiger partial charge < -0.3 is 9.64 Å². The van der Waals surface area contributed by atoms with Crippen molar-refractivity contribution in [2.75, 3.05) is 11.4 Å². The molecule has 0 spiro atoms. The van der Waals surface area contributed by atoms with E-state index < -0.39 is 6.36 Å². The molecule has 0 saturated heterocycles. The normalized spacial score (nSPS) is 20.9. The van der Waals surface area contributed by atoms with Gasteiger partial charge in [0.25, 0.3) is 0 Å². The first kappa shape index (κ1) is 18.3. The number of fused-ring (bicyclic) bond motifs is 1. The molecule has 1 aromatic heterocycles. The number of anilines is 1. The lowest BCUT2D eigenvalue weighted by atomic mass is 10.0. The van der Waals surface area contributed by atoms with Crippen LogP contribution in [0.2, 0.25) is 0 Å². The summed E-state index contributed by atoms with van der Waals surface area (Å²) < 4.78 is 42.1. The predicted molar refractivity (Wildman–Crippen MR) is 93.6 cm³/mol. The molecule has 144 valence electrons. The average Bonchev–Trinajstić information content (AvgIpc) is 3.46. The first-order valence-corrected chi connectivity index (χ1v) is 8.93. The Kier molecular flexibility index (Phi) is 4.46. The molecule has 0 radical (unpaired) electrons.